The van der Waals surface area contributed by atoms with Gasteiger partial charge in [0.2, 0.25) is 0 Å². The summed E-state index contributed by atoms with van der Waals surface area (Å²) in [5.74, 6) is -0.370. The van der Waals surface area contributed by atoms with Crippen LogP contribution in [0.4, 0.5) is 13.2 Å². The van der Waals surface area contributed by atoms with Gasteiger partial charge in [-0.25, -0.2) is 4.98 Å². The molecule has 0 radical (unpaired) electrons. The Bertz CT molecular complexity index is 904. The Labute approximate surface area is 160 Å². The second-order valence-electron chi connectivity index (χ2n) is 7.30. The lowest BCUT2D eigenvalue weighted by atomic mass is 9.98. The van der Waals surface area contributed by atoms with E-state index in [1.165, 1.54) is 12.1 Å². The van der Waals surface area contributed by atoms with Gasteiger partial charge >= 0.3 is 6.18 Å². The maximum absolute atomic E-state index is 13.7. The molecular formula is C20H21F3N2O3. The van der Waals surface area contributed by atoms with Crippen LogP contribution in [-0.4, -0.2) is 36.9 Å². The number of hydrogen-bond acceptors (Lipinski definition) is 4. The van der Waals surface area contributed by atoms with Gasteiger partial charge in [-0.3, -0.25) is 4.79 Å². The quantitative estimate of drug-likeness (QED) is 0.854. The molecule has 1 saturated carbocycles. The third kappa shape index (κ3) is 3.98. The summed E-state index contributed by atoms with van der Waals surface area (Å²) in [6, 6.07) is 4.48. The first-order valence-electron chi connectivity index (χ1n) is 9.37. The molecule has 0 bridgehead atoms. The van der Waals surface area contributed by atoms with E-state index in [0.29, 0.717) is 29.7 Å². The van der Waals surface area contributed by atoms with E-state index in [-0.39, 0.29) is 23.7 Å². The first-order chi connectivity index (χ1) is 13.3. The molecular weight excluding hydrogens is 373 g/mol. The van der Waals surface area contributed by atoms with Crippen molar-refractivity contribution < 1.29 is 27.4 Å². The normalized spacial score (nSPS) is 18.4. The summed E-state index contributed by atoms with van der Waals surface area (Å²) < 4.78 is 51.7. The zero-order valence-corrected chi connectivity index (χ0v) is 15.4. The van der Waals surface area contributed by atoms with Crippen molar-refractivity contribution in [2.75, 3.05) is 19.8 Å². The number of alkyl halides is 3. The molecule has 1 aliphatic heterocycles. The highest BCUT2D eigenvalue weighted by Crippen LogP contribution is 2.44. The number of fused-ring (bicyclic) bond motifs is 1. The molecule has 0 atom stereocenters. The van der Waals surface area contributed by atoms with E-state index in [0.717, 1.165) is 19.3 Å². The number of rotatable bonds is 4. The summed E-state index contributed by atoms with van der Waals surface area (Å²) in [5, 5.41) is 3.06. The smallest absolute Gasteiger partial charge is 0.351 e. The molecule has 28 heavy (non-hydrogen) atoms. The summed E-state index contributed by atoms with van der Waals surface area (Å²) in [7, 11) is 0. The van der Waals surface area contributed by atoms with Crippen molar-refractivity contribution in [1.29, 1.82) is 0 Å². The molecule has 0 unspecified atom stereocenters. The summed E-state index contributed by atoms with van der Waals surface area (Å²) in [4.78, 5) is 16.5. The largest absolute Gasteiger partial charge is 0.418 e. The van der Waals surface area contributed by atoms with Gasteiger partial charge in [0.15, 0.2) is 6.29 Å². The first kappa shape index (κ1) is 19.1. The van der Waals surface area contributed by atoms with E-state index in [4.69, 9.17) is 9.47 Å². The van der Waals surface area contributed by atoms with Gasteiger partial charge in [-0.05, 0) is 61.4 Å². The van der Waals surface area contributed by atoms with Crippen molar-refractivity contribution in [2.24, 2.45) is 0 Å². The lowest BCUT2D eigenvalue weighted by Crippen LogP contribution is -2.38. The van der Waals surface area contributed by atoms with Crippen LogP contribution in [0.3, 0.4) is 0 Å². The number of aryl methyl sites for hydroxylation is 1. The van der Waals surface area contributed by atoms with Crippen LogP contribution in [0.15, 0.2) is 18.2 Å². The molecule has 5 nitrogen and oxygen atoms in total. The van der Waals surface area contributed by atoms with Crippen LogP contribution < -0.4 is 5.32 Å². The number of nitrogens with zero attached hydrogens (tertiary/aromatic N) is 1. The van der Waals surface area contributed by atoms with Crippen molar-refractivity contribution in [1.82, 2.24) is 10.3 Å². The van der Waals surface area contributed by atoms with E-state index in [2.05, 4.69) is 10.3 Å². The van der Waals surface area contributed by atoms with E-state index < -0.39 is 23.9 Å². The van der Waals surface area contributed by atoms with Gasteiger partial charge in [-0.2, -0.15) is 13.2 Å². The molecule has 2 heterocycles. The molecule has 1 aromatic carbocycles. The van der Waals surface area contributed by atoms with Crippen molar-refractivity contribution in [3.8, 4) is 0 Å². The molecule has 1 amide bonds. The summed E-state index contributed by atoms with van der Waals surface area (Å²) in [5.41, 5.74) is 0.253. The predicted molar refractivity (Wildman–Crippen MR) is 96.1 cm³/mol. The molecule has 2 aliphatic rings. The minimum atomic E-state index is -4.54. The number of carbonyl (C=O) groups excluding carboxylic acids is 1. The SMILES string of the molecule is Cc1cc(C(=O)NCC2OCCCO2)nc2c(C(F)(F)F)cc(C3CC3)cc12. The lowest BCUT2D eigenvalue weighted by Gasteiger charge is -2.23. The van der Waals surface area contributed by atoms with Gasteiger partial charge in [-0.1, -0.05) is 0 Å². The van der Waals surface area contributed by atoms with Gasteiger partial charge in [0.05, 0.1) is 30.8 Å². The molecule has 4 rings (SSSR count). The molecule has 1 saturated heterocycles. The Morgan fingerprint density at radius 1 is 1.21 bits per heavy atom. The van der Waals surface area contributed by atoms with Crippen molar-refractivity contribution in [3.63, 3.8) is 0 Å². The molecule has 8 heteroatoms. The highest BCUT2D eigenvalue weighted by molar-refractivity contribution is 5.97. The Morgan fingerprint density at radius 3 is 2.57 bits per heavy atom. The van der Waals surface area contributed by atoms with Gasteiger partial charge in [-0.15, -0.1) is 0 Å². The van der Waals surface area contributed by atoms with Gasteiger partial charge in [0.25, 0.3) is 5.91 Å². The highest BCUT2D eigenvalue weighted by Gasteiger charge is 2.36. The molecule has 1 aliphatic carbocycles. The molecule has 1 N–H and O–H groups in total. The predicted octanol–water partition coefficient (Wildman–Crippen LogP) is 3.93. The van der Waals surface area contributed by atoms with Crippen LogP contribution in [0, 0.1) is 6.92 Å². The number of amides is 1. The average Bonchev–Trinajstić information content (AvgIpc) is 3.50. The number of ether oxygens (including phenoxy) is 2. The third-order valence-electron chi connectivity index (χ3n) is 5.05. The average molecular weight is 394 g/mol. The van der Waals surface area contributed by atoms with Gasteiger partial charge in [0.1, 0.15) is 5.69 Å². The van der Waals surface area contributed by atoms with E-state index in [1.54, 1.807) is 13.0 Å². The van der Waals surface area contributed by atoms with Crippen LogP contribution in [0.5, 0.6) is 0 Å². The number of nitrogens with one attached hydrogen (secondary N) is 1. The van der Waals surface area contributed by atoms with Gasteiger partial charge in [0, 0.05) is 5.39 Å². The molecule has 1 aromatic heterocycles. The summed E-state index contributed by atoms with van der Waals surface area (Å²) in [6.07, 6.45) is -2.49. The van der Waals surface area contributed by atoms with Crippen LogP contribution in [0.2, 0.25) is 0 Å². The van der Waals surface area contributed by atoms with Gasteiger partial charge < -0.3 is 14.8 Å². The fourth-order valence-electron chi connectivity index (χ4n) is 3.42. The van der Waals surface area contributed by atoms with Crippen molar-refractivity contribution in [2.45, 2.75) is 44.6 Å². The maximum atomic E-state index is 13.7. The van der Waals surface area contributed by atoms with Crippen LogP contribution in [0.25, 0.3) is 10.9 Å². The Morgan fingerprint density at radius 2 is 1.93 bits per heavy atom. The van der Waals surface area contributed by atoms with Crippen LogP contribution >= 0.6 is 0 Å². The fraction of sp³-hybridized carbons (Fsp3) is 0.500. The Kier molecular flexibility index (Phi) is 5.01. The summed E-state index contributed by atoms with van der Waals surface area (Å²) in [6.45, 7) is 2.91. The van der Waals surface area contributed by atoms with Crippen molar-refractivity contribution in [3.05, 3.63) is 40.6 Å². The van der Waals surface area contributed by atoms with Crippen LogP contribution in [-0.2, 0) is 15.7 Å². The second kappa shape index (κ2) is 7.33. The topological polar surface area (TPSA) is 60.5 Å². The number of aromatic nitrogens is 1. The zero-order chi connectivity index (χ0) is 19.9. The number of hydrogen-bond donors (Lipinski definition) is 1. The number of halogens is 3. The Hall–Kier alpha value is -2.19. The molecule has 150 valence electrons. The standard InChI is InChI=1S/C20H21F3N2O3/c1-11-7-16(19(26)24-10-17-27-5-2-6-28-17)25-18-14(11)8-13(12-3-4-12)9-15(18)20(21,22)23/h7-9,12,17H,2-6,10H2,1H3,(H,24,26). The monoisotopic (exact) mass is 394 g/mol. The number of pyridine rings is 1. The van der Waals surface area contributed by atoms with E-state index in [9.17, 15) is 18.0 Å². The molecule has 2 fully saturated rings. The van der Waals surface area contributed by atoms with Crippen molar-refractivity contribution >= 4 is 16.8 Å². The Balaban J connectivity index is 1.66. The zero-order valence-electron chi connectivity index (χ0n) is 15.4. The first-order valence-corrected chi connectivity index (χ1v) is 9.37. The molecule has 0 spiro atoms. The van der Waals surface area contributed by atoms with E-state index in [1.807, 2.05) is 0 Å². The van der Waals surface area contributed by atoms with E-state index >= 15 is 0 Å². The van der Waals surface area contributed by atoms with Crippen LogP contribution in [0.1, 0.15) is 52.4 Å². The number of carbonyl (C=O) groups is 1. The molecule has 2 aromatic rings. The third-order valence-corrected chi connectivity index (χ3v) is 5.05. The lowest BCUT2D eigenvalue weighted by molar-refractivity contribution is -0.174. The highest BCUT2D eigenvalue weighted by atomic mass is 19.4. The maximum Gasteiger partial charge on any atom is 0.418 e. The summed E-state index contributed by atoms with van der Waals surface area (Å²) >= 11 is 0. The minimum absolute atomic E-state index is 0.0505. The number of benzene rings is 1. The second-order valence-corrected chi connectivity index (χ2v) is 7.30. The minimum Gasteiger partial charge on any atom is -0.351 e. The fourth-order valence-corrected chi connectivity index (χ4v) is 3.42.